The molecule has 2 aromatic rings. The van der Waals surface area contributed by atoms with Crippen LogP contribution in [-0.4, -0.2) is 18.2 Å². The topological polar surface area (TPSA) is 55.8 Å². The van der Waals surface area contributed by atoms with Gasteiger partial charge in [-0.3, -0.25) is 0 Å². The summed E-state index contributed by atoms with van der Waals surface area (Å²) in [6, 6.07) is 10.9. The molecule has 0 heterocycles. The largest absolute Gasteiger partial charge is 0.497 e. The highest BCUT2D eigenvalue weighted by molar-refractivity contribution is 5.89. The van der Waals surface area contributed by atoms with E-state index >= 15 is 0 Å². The maximum absolute atomic E-state index is 13.2. The fourth-order valence-electron chi connectivity index (χ4n) is 1.93. The molecule has 0 saturated carbocycles. The van der Waals surface area contributed by atoms with E-state index in [0.29, 0.717) is 11.3 Å². The van der Waals surface area contributed by atoms with Crippen molar-refractivity contribution >= 4 is 5.97 Å². The SMILES string of the molecule is COc1cccc(COCc2cc(F)ccc2C(=O)O)c1. The molecule has 0 aromatic heterocycles. The molecular formula is C16H15FO4. The van der Waals surface area contributed by atoms with E-state index in [-0.39, 0.29) is 18.8 Å². The van der Waals surface area contributed by atoms with Crippen LogP contribution in [0.25, 0.3) is 0 Å². The summed E-state index contributed by atoms with van der Waals surface area (Å²) in [7, 11) is 1.58. The second-order valence-electron chi connectivity index (χ2n) is 4.45. The Morgan fingerprint density at radius 1 is 1.19 bits per heavy atom. The molecule has 21 heavy (non-hydrogen) atoms. The van der Waals surface area contributed by atoms with Crippen molar-refractivity contribution in [3.8, 4) is 5.75 Å². The molecular weight excluding hydrogens is 275 g/mol. The van der Waals surface area contributed by atoms with Gasteiger partial charge >= 0.3 is 5.97 Å². The average molecular weight is 290 g/mol. The summed E-state index contributed by atoms with van der Waals surface area (Å²) >= 11 is 0. The predicted molar refractivity (Wildman–Crippen MR) is 74.8 cm³/mol. The number of ether oxygens (including phenoxy) is 2. The minimum atomic E-state index is -1.10. The molecule has 2 aromatic carbocycles. The van der Waals surface area contributed by atoms with E-state index in [9.17, 15) is 9.18 Å². The highest BCUT2D eigenvalue weighted by atomic mass is 19.1. The van der Waals surface area contributed by atoms with E-state index in [1.54, 1.807) is 7.11 Å². The van der Waals surface area contributed by atoms with Crippen molar-refractivity contribution in [1.82, 2.24) is 0 Å². The van der Waals surface area contributed by atoms with Gasteiger partial charge in [0.25, 0.3) is 0 Å². The standard InChI is InChI=1S/C16H15FO4/c1-20-14-4-2-3-11(7-14)9-21-10-12-8-13(17)5-6-15(12)16(18)19/h2-8H,9-10H2,1H3,(H,18,19). The third-order valence-corrected chi connectivity index (χ3v) is 2.96. The van der Waals surface area contributed by atoms with Crippen molar-refractivity contribution in [2.75, 3.05) is 7.11 Å². The molecule has 0 bridgehead atoms. The average Bonchev–Trinajstić information content (AvgIpc) is 2.47. The van der Waals surface area contributed by atoms with Crippen LogP contribution < -0.4 is 4.74 Å². The molecule has 4 nitrogen and oxygen atoms in total. The number of carboxylic acids is 1. The zero-order chi connectivity index (χ0) is 15.2. The highest BCUT2D eigenvalue weighted by Crippen LogP contribution is 2.16. The van der Waals surface area contributed by atoms with Gasteiger partial charge < -0.3 is 14.6 Å². The summed E-state index contributed by atoms with van der Waals surface area (Å²) in [5, 5.41) is 9.05. The molecule has 0 radical (unpaired) electrons. The molecule has 0 fully saturated rings. The fourth-order valence-corrected chi connectivity index (χ4v) is 1.93. The molecule has 5 heteroatoms. The van der Waals surface area contributed by atoms with Gasteiger partial charge in [0, 0.05) is 0 Å². The van der Waals surface area contributed by atoms with Crippen LogP contribution in [0.2, 0.25) is 0 Å². The molecule has 110 valence electrons. The molecule has 0 aliphatic heterocycles. The van der Waals surface area contributed by atoms with Crippen molar-refractivity contribution in [3.63, 3.8) is 0 Å². The van der Waals surface area contributed by atoms with Gasteiger partial charge in [-0.15, -0.1) is 0 Å². The third kappa shape index (κ3) is 4.03. The smallest absolute Gasteiger partial charge is 0.336 e. The van der Waals surface area contributed by atoms with Gasteiger partial charge in [0.05, 0.1) is 25.9 Å². The first kappa shape index (κ1) is 15.0. The Morgan fingerprint density at radius 3 is 2.71 bits per heavy atom. The van der Waals surface area contributed by atoms with E-state index in [1.165, 1.54) is 12.1 Å². The van der Waals surface area contributed by atoms with Crippen LogP contribution in [0.5, 0.6) is 5.75 Å². The first-order chi connectivity index (χ1) is 10.1. The molecule has 0 amide bonds. The Balaban J connectivity index is 2.03. The van der Waals surface area contributed by atoms with Crippen molar-refractivity contribution in [2.24, 2.45) is 0 Å². The number of carbonyl (C=O) groups is 1. The summed E-state index contributed by atoms with van der Waals surface area (Å²) in [5.41, 5.74) is 1.25. The monoisotopic (exact) mass is 290 g/mol. The minimum Gasteiger partial charge on any atom is -0.497 e. The van der Waals surface area contributed by atoms with Gasteiger partial charge in [0.15, 0.2) is 0 Å². The lowest BCUT2D eigenvalue weighted by Gasteiger charge is -2.08. The number of carboxylic acid groups (broad SMARTS) is 1. The van der Waals surface area contributed by atoms with E-state index in [2.05, 4.69) is 0 Å². The lowest BCUT2D eigenvalue weighted by molar-refractivity contribution is 0.0684. The Hall–Kier alpha value is -2.40. The quantitative estimate of drug-likeness (QED) is 0.887. The Labute approximate surface area is 121 Å². The summed E-state index contributed by atoms with van der Waals surface area (Å²) in [6.45, 7) is 0.309. The van der Waals surface area contributed by atoms with Crippen LogP contribution >= 0.6 is 0 Å². The maximum Gasteiger partial charge on any atom is 0.336 e. The summed E-state index contributed by atoms with van der Waals surface area (Å²) in [5.74, 6) is -0.872. The van der Waals surface area contributed by atoms with Crippen molar-refractivity contribution < 1.29 is 23.8 Å². The van der Waals surface area contributed by atoms with E-state index in [0.717, 1.165) is 11.6 Å². The Kier molecular flexibility index (Phi) is 4.90. The summed E-state index contributed by atoms with van der Waals surface area (Å²) < 4.78 is 23.8. The van der Waals surface area contributed by atoms with Gasteiger partial charge in [0.1, 0.15) is 11.6 Å². The van der Waals surface area contributed by atoms with E-state index in [4.69, 9.17) is 14.6 Å². The predicted octanol–water partition coefficient (Wildman–Crippen LogP) is 3.25. The Bertz CT molecular complexity index is 640. The molecule has 0 unspecified atom stereocenters. The van der Waals surface area contributed by atoms with Crippen molar-refractivity contribution in [2.45, 2.75) is 13.2 Å². The zero-order valence-corrected chi connectivity index (χ0v) is 11.5. The number of halogens is 1. The summed E-state index contributed by atoms with van der Waals surface area (Å²) in [6.07, 6.45) is 0. The molecule has 0 atom stereocenters. The molecule has 0 aliphatic carbocycles. The second kappa shape index (κ2) is 6.85. The number of aromatic carboxylic acids is 1. The zero-order valence-electron chi connectivity index (χ0n) is 11.5. The van der Waals surface area contributed by atoms with Gasteiger partial charge in [-0.1, -0.05) is 12.1 Å². The van der Waals surface area contributed by atoms with Crippen LogP contribution in [0, 0.1) is 5.82 Å². The number of methoxy groups -OCH3 is 1. The summed E-state index contributed by atoms with van der Waals surface area (Å²) in [4.78, 5) is 11.1. The van der Waals surface area contributed by atoms with Crippen molar-refractivity contribution in [1.29, 1.82) is 0 Å². The lowest BCUT2D eigenvalue weighted by Crippen LogP contribution is -2.05. The number of hydrogen-bond donors (Lipinski definition) is 1. The first-order valence-corrected chi connectivity index (χ1v) is 6.32. The van der Waals surface area contributed by atoms with Crippen LogP contribution in [0.4, 0.5) is 4.39 Å². The second-order valence-corrected chi connectivity index (χ2v) is 4.45. The number of hydrogen-bond acceptors (Lipinski definition) is 3. The lowest BCUT2D eigenvalue weighted by atomic mass is 10.1. The molecule has 0 spiro atoms. The molecule has 0 aliphatic rings. The van der Waals surface area contributed by atoms with Crippen LogP contribution in [-0.2, 0) is 18.0 Å². The highest BCUT2D eigenvalue weighted by Gasteiger charge is 2.11. The Morgan fingerprint density at radius 2 is 2.00 bits per heavy atom. The van der Waals surface area contributed by atoms with Gasteiger partial charge in [-0.25, -0.2) is 9.18 Å². The van der Waals surface area contributed by atoms with Gasteiger partial charge in [-0.2, -0.15) is 0 Å². The molecule has 1 N–H and O–H groups in total. The molecule has 2 rings (SSSR count). The normalized spacial score (nSPS) is 10.4. The number of benzene rings is 2. The van der Waals surface area contributed by atoms with Gasteiger partial charge in [0.2, 0.25) is 0 Å². The third-order valence-electron chi connectivity index (χ3n) is 2.96. The fraction of sp³-hybridized carbons (Fsp3) is 0.188. The van der Waals surface area contributed by atoms with Crippen molar-refractivity contribution in [3.05, 3.63) is 65.0 Å². The number of rotatable bonds is 6. The molecule has 0 saturated heterocycles. The first-order valence-electron chi connectivity index (χ1n) is 6.32. The van der Waals surface area contributed by atoms with Gasteiger partial charge in [-0.05, 0) is 41.5 Å². The van der Waals surface area contributed by atoms with Crippen LogP contribution in [0.15, 0.2) is 42.5 Å². The minimum absolute atomic E-state index is 0.0244. The van der Waals surface area contributed by atoms with Crippen LogP contribution in [0.3, 0.4) is 0 Å². The van der Waals surface area contributed by atoms with E-state index < -0.39 is 11.8 Å². The van der Waals surface area contributed by atoms with Crippen LogP contribution in [0.1, 0.15) is 21.5 Å². The van der Waals surface area contributed by atoms with E-state index in [1.807, 2.05) is 24.3 Å². The maximum atomic E-state index is 13.2.